The lowest BCUT2D eigenvalue weighted by molar-refractivity contribution is -0.133. The van der Waals surface area contributed by atoms with Gasteiger partial charge >= 0.3 is 11.9 Å². The van der Waals surface area contributed by atoms with E-state index in [-0.39, 0.29) is 22.3 Å². The molecule has 148 valence electrons. The van der Waals surface area contributed by atoms with Crippen LogP contribution in [0.1, 0.15) is 17.5 Å². The second-order valence-corrected chi connectivity index (χ2v) is 6.95. The zero-order valence-electron chi connectivity index (χ0n) is 16.2. The molecule has 1 aliphatic rings. The van der Waals surface area contributed by atoms with Gasteiger partial charge in [-0.2, -0.15) is 0 Å². The first-order valence-electron chi connectivity index (χ1n) is 9.34. The number of aromatic nitrogens is 1. The molecule has 0 aliphatic carbocycles. The maximum absolute atomic E-state index is 13.4. The minimum absolute atomic E-state index is 0.0250. The number of fused-ring (bicyclic) bond motifs is 4. The summed E-state index contributed by atoms with van der Waals surface area (Å²) in [6, 6.07) is 7.26. The van der Waals surface area contributed by atoms with E-state index < -0.39 is 11.9 Å². The Balaban J connectivity index is 2.23. The van der Waals surface area contributed by atoms with Crippen molar-refractivity contribution in [2.45, 2.75) is 26.8 Å². The maximum Gasteiger partial charge on any atom is 0.336 e. The van der Waals surface area contributed by atoms with Crippen LogP contribution in [0.2, 0.25) is 0 Å². The van der Waals surface area contributed by atoms with Crippen LogP contribution >= 0.6 is 0 Å². The number of ether oxygens (including phenoxy) is 2. The van der Waals surface area contributed by atoms with Crippen molar-refractivity contribution in [3.8, 4) is 11.5 Å². The fourth-order valence-corrected chi connectivity index (χ4v) is 3.74. The van der Waals surface area contributed by atoms with Crippen molar-refractivity contribution in [1.29, 1.82) is 0 Å². The monoisotopic (exact) mass is 392 g/mol. The number of benzene rings is 2. The van der Waals surface area contributed by atoms with Crippen LogP contribution in [-0.2, 0) is 16.1 Å². The first-order valence-corrected chi connectivity index (χ1v) is 9.34. The van der Waals surface area contributed by atoms with E-state index in [0.717, 1.165) is 23.2 Å². The first kappa shape index (κ1) is 18.9. The van der Waals surface area contributed by atoms with Gasteiger partial charge in [-0.3, -0.25) is 4.79 Å². The number of hydrogen-bond donors (Lipinski definition) is 1. The molecule has 29 heavy (non-hydrogen) atoms. The standard InChI is InChI=1S/C22H20N2O5/c1-12-13(2)21-22(29-17(26)9-8-16(25)28-21)18-19(12)24(11-5-10-23)15-7-4-3-6-14(15)20(18)27/h3-4,6-9H,5,10-11,23H2,1-2H3/b9-8-. The number of carbonyl (C=O) groups is 2. The highest BCUT2D eigenvalue weighted by Gasteiger charge is 2.27. The molecule has 0 spiro atoms. The SMILES string of the molecule is Cc1c2c(c3c(=O)c4ccccc4n(CCCN)c3c1C)OC(=O)/C=C\C(=O)O2. The Morgan fingerprint density at radius 3 is 2.28 bits per heavy atom. The van der Waals surface area contributed by atoms with Crippen LogP contribution in [-0.4, -0.2) is 23.1 Å². The number of esters is 2. The van der Waals surface area contributed by atoms with Gasteiger partial charge in [0, 0.05) is 29.6 Å². The first-order chi connectivity index (χ1) is 13.9. The average molecular weight is 392 g/mol. The number of nitrogens with zero attached hydrogens (tertiary/aromatic N) is 1. The third-order valence-electron chi connectivity index (χ3n) is 5.21. The zero-order valence-corrected chi connectivity index (χ0v) is 16.2. The molecule has 0 atom stereocenters. The Labute approximate surface area is 166 Å². The fourth-order valence-electron chi connectivity index (χ4n) is 3.74. The van der Waals surface area contributed by atoms with Crippen LogP contribution in [0.3, 0.4) is 0 Å². The molecule has 7 heteroatoms. The fraction of sp³-hybridized carbons (Fsp3) is 0.227. The lowest BCUT2D eigenvalue weighted by Gasteiger charge is -2.22. The lowest BCUT2D eigenvalue weighted by Crippen LogP contribution is -2.20. The van der Waals surface area contributed by atoms with Gasteiger partial charge in [0.1, 0.15) is 0 Å². The molecule has 7 nitrogen and oxygen atoms in total. The van der Waals surface area contributed by atoms with Gasteiger partial charge in [0.05, 0.1) is 16.4 Å². The Kier molecular flexibility index (Phi) is 4.68. The van der Waals surface area contributed by atoms with Gasteiger partial charge in [0.2, 0.25) is 5.43 Å². The molecular formula is C22H20N2O5. The molecule has 4 rings (SSSR count). The molecule has 2 N–H and O–H groups in total. The van der Waals surface area contributed by atoms with E-state index in [4.69, 9.17) is 15.2 Å². The number of para-hydroxylation sites is 1. The quantitative estimate of drug-likeness (QED) is 0.418. The molecule has 0 saturated carbocycles. The van der Waals surface area contributed by atoms with Crippen molar-refractivity contribution < 1.29 is 19.1 Å². The summed E-state index contributed by atoms with van der Waals surface area (Å²) < 4.78 is 12.9. The third kappa shape index (κ3) is 3.00. The summed E-state index contributed by atoms with van der Waals surface area (Å²) in [5.74, 6) is -1.37. The molecule has 0 amide bonds. The van der Waals surface area contributed by atoms with Crippen molar-refractivity contribution in [1.82, 2.24) is 4.57 Å². The second kappa shape index (κ2) is 7.18. The van der Waals surface area contributed by atoms with Gasteiger partial charge in [0.25, 0.3) is 0 Å². The Hall–Kier alpha value is -3.45. The number of hydrogen-bond acceptors (Lipinski definition) is 6. The van der Waals surface area contributed by atoms with E-state index in [9.17, 15) is 14.4 Å². The Bertz CT molecular complexity index is 1270. The van der Waals surface area contributed by atoms with Crippen LogP contribution in [0.25, 0.3) is 21.8 Å². The molecule has 1 aliphatic heterocycles. The van der Waals surface area contributed by atoms with Gasteiger partial charge in [-0.25, -0.2) is 9.59 Å². The molecule has 0 bridgehead atoms. The summed E-state index contributed by atoms with van der Waals surface area (Å²) in [4.78, 5) is 37.7. The summed E-state index contributed by atoms with van der Waals surface area (Å²) in [5, 5.41) is 0.706. The summed E-state index contributed by atoms with van der Waals surface area (Å²) in [7, 11) is 0. The van der Waals surface area contributed by atoms with Gasteiger partial charge in [-0.05, 0) is 44.5 Å². The van der Waals surface area contributed by atoms with Crippen LogP contribution in [0.5, 0.6) is 11.5 Å². The average Bonchev–Trinajstić information content (AvgIpc) is 2.71. The predicted molar refractivity (Wildman–Crippen MR) is 109 cm³/mol. The highest BCUT2D eigenvalue weighted by atomic mass is 16.6. The van der Waals surface area contributed by atoms with Crippen molar-refractivity contribution in [2.75, 3.05) is 6.54 Å². The maximum atomic E-state index is 13.4. The van der Waals surface area contributed by atoms with Crippen molar-refractivity contribution >= 4 is 33.7 Å². The third-order valence-corrected chi connectivity index (χ3v) is 5.21. The van der Waals surface area contributed by atoms with Crippen LogP contribution in [0.4, 0.5) is 0 Å². The number of nitrogens with two attached hydrogens (primary N) is 1. The molecule has 0 fully saturated rings. The summed E-state index contributed by atoms with van der Waals surface area (Å²) in [6.45, 7) is 4.70. The molecule has 3 aromatic rings. The number of pyridine rings is 1. The van der Waals surface area contributed by atoms with E-state index in [2.05, 4.69) is 0 Å². The zero-order chi connectivity index (χ0) is 20.7. The largest absolute Gasteiger partial charge is 0.419 e. The van der Waals surface area contributed by atoms with E-state index >= 15 is 0 Å². The lowest BCUT2D eigenvalue weighted by atomic mass is 9.99. The molecule has 2 aromatic carbocycles. The summed E-state index contributed by atoms with van der Waals surface area (Å²) >= 11 is 0. The van der Waals surface area contributed by atoms with E-state index in [1.54, 1.807) is 19.1 Å². The minimum atomic E-state index is -0.742. The number of rotatable bonds is 3. The highest BCUT2D eigenvalue weighted by molar-refractivity contribution is 6.04. The summed E-state index contributed by atoms with van der Waals surface area (Å²) in [6.07, 6.45) is 2.69. The highest BCUT2D eigenvalue weighted by Crippen LogP contribution is 2.42. The Morgan fingerprint density at radius 2 is 1.59 bits per heavy atom. The van der Waals surface area contributed by atoms with Gasteiger partial charge in [0.15, 0.2) is 11.5 Å². The second-order valence-electron chi connectivity index (χ2n) is 6.95. The predicted octanol–water partition coefficient (Wildman–Crippen LogP) is 2.50. The normalized spacial score (nSPS) is 14.9. The molecular weight excluding hydrogens is 372 g/mol. The molecule has 0 unspecified atom stereocenters. The van der Waals surface area contributed by atoms with Crippen molar-refractivity contribution in [3.05, 3.63) is 57.8 Å². The molecule has 2 heterocycles. The molecule has 1 aromatic heterocycles. The topological polar surface area (TPSA) is 101 Å². The van der Waals surface area contributed by atoms with Crippen LogP contribution < -0.4 is 20.6 Å². The van der Waals surface area contributed by atoms with Crippen LogP contribution in [0.15, 0.2) is 41.2 Å². The Morgan fingerprint density at radius 1 is 0.931 bits per heavy atom. The van der Waals surface area contributed by atoms with Gasteiger partial charge < -0.3 is 19.8 Å². The minimum Gasteiger partial charge on any atom is -0.419 e. The number of carbonyl (C=O) groups excluding carboxylic acids is 2. The van der Waals surface area contributed by atoms with Crippen molar-refractivity contribution in [3.63, 3.8) is 0 Å². The van der Waals surface area contributed by atoms with E-state index in [1.807, 2.05) is 23.6 Å². The summed E-state index contributed by atoms with van der Waals surface area (Å²) in [5.41, 5.74) is 8.26. The van der Waals surface area contributed by atoms with Gasteiger partial charge in [-0.1, -0.05) is 12.1 Å². The molecule has 0 saturated heterocycles. The number of aryl methyl sites for hydroxylation is 2. The smallest absolute Gasteiger partial charge is 0.336 e. The van der Waals surface area contributed by atoms with Gasteiger partial charge in [-0.15, -0.1) is 0 Å². The van der Waals surface area contributed by atoms with E-state index in [0.29, 0.717) is 36.0 Å². The van der Waals surface area contributed by atoms with Crippen molar-refractivity contribution in [2.24, 2.45) is 5.73 Å². The molecule has 0 radical (unpaired) electrons. The van der Waals surface area contributed by atoms with Crippen LogP contribution in [0, 0.1) is 13.8 Å². The van der Waals surface area contributed by atoms with E-state index in [1.165, 1.54) is 0 Å².